The first-order valence-corrected chi connectivity index (χ1v) is 9.49. The van der Waals surface area contributed by atoms with Gasteiger partial charge in [-0.05, 0) is 41.5 Å². The number of aromatic amines is 1. The first kappa shape index (κ1) is 17.6. The average Bonchev–Trinajstić information content (AvgIpc) is 3.23. The van der Waals surface area contributed by atoms with Crippen molar-refractivity contribution in [2.75, 3.05) is 26.3 Å². The van der Waals surface area contributed by atoms with Gasteiger partial charge >= 0.3 is 0 Å². The van der Waals surface area contributed by atoms with Crippen molar-refractivity contribution < 1.29 is 4.74 Å². The molecule has 5 rings (SSSR count). The van der Waals surface area contributed by atoms with Crippen LogP contribution in [0.25, 0.3) is 27.7 Å². The number of fused-ring (bicyclic) bond motifs is 1. The first-order chi connectivity index (χ1) is 14.3. The molecule has 1 fully saturated rings. The van der Waals surface area contributed by atoms with Crippen LogP contribution in [0.15, 0.2) is 47.6 Å². The van der Waals surface area contributed by atoms with E-state index in [9.17, 15) is 0 Å². The number of hydrogen-bond acceptors (Lipinski definition) is 7. The SMILES string of the molecule is N#Cc1cc(-c2ccc3[nH]nc(C4=CC(N5CCOCC5)N=CN4)c3c2)ccn1. The van der Waals surface area contributed by atoms with Gasteiger partial charge in [-0.2, -0.15) is 10.4 Å². The van der Waals surface area contributed by atoms with E-state index in [1.54, 1.807) is 18.6 Å². The minimum Gasteiger partial charge on any atom is -0.379 e. The quantitative estimate of drug-likeness (QED) is 0.716. The molecule has 1 unspecified atom stereocenters. The van der Waals surface area contributed by atoms with Crippen LogP contribution in [-0.2, 0) is 4.74 Å². The maximum atomic E-state index is 9.13. The summed E-state index contributed by atoms with van der Waals surface area (Å²) in [5, 5.41) is 21.0. The summed E-state index contributed by atoms with van der Waals surface area (Å²) in [6.07, 6.45) is 5.47. The van der Waals surface area contributed by atoms with E-state index >= 15 is 0 Å². The standard InChI is InChI=1S/C21H19N7O/c22-12-16-9-15(3-4-23-16)14-1-2-18-17(10-14)21(27-26-18)19-11-20(25-13-24-19)28-5-7-29-8-6-28/h1-4,9-11,13,20H,5-8H2,(H,24,25)(H,26,27). The largest absolute Gasteiger partial charge is 0.379 e. The van der Waals surface area contributed by atoms with Crippen molar-refractivity contribution in [3.8, 4) is 17.2 Å². The second-order valence-electron chi connectivity index (χ2n) is 6.94. The molecule has 1 saturated heterocycles. The molecule has 8 nitrogen and oxygen atoms in total. The van der Waals surface area contributed by atoms with Gasteiger partial charge in [0, 0.05) is 24.7 Å². The number of aromatic nitrogens is 3. The lowest BCUT2D eigenvalue weighted by atomic mass is 10.0. The highest BCUT2D eigenvalue weighted by Gasteiger charge is 2.22. The number of H-pyrrole nitrogens is 1. The van der Waals surface area contributed by atoms with Crippen LogP contribution < -0.4 is 5.32 Å². The van der Waals surface area contributed by atoms with Gasteiger partial charge in [0.05, 0.1) is 30.8 Å². The molecule has 144 valence electrons. The van der Waals surface area contributed by atoms with E-state index in [0.29, 0.717) is 5.69 Å². The lowest BCUT2D eigenvalue weighted by molar-refractivity contribution is 0.0270. The summed E-state index contributed by atoms with van der Waals surface area (Å²) < 4.78 is 5.45. The normalized spacial score (nSPS) is 19.6. The predicted molar refractivity (Wildman–Crippen MR) is 110 cm³/mol. The molecule has 0 radical (unpaired) electrons. The molecule has 2 aliphatic rings. The monoisotopic (exact) mass is 385 g/mol. The Kier molecular flexibility index (Phi) is 4.52. The fraction of sp³-hybridized carbons (Fsp3) is 0.238. The predicted octanol–water partition coefficient (Wildman–Crippen LogP) is 2.13. The third-order valence-electron chi connectivity index (χ3n) is 5.21. The Balaban J connectivity index is 1.52. The summed E-state index contributed by atoms with van der Waals surface area (Å²) >= 11 is 0. The summed E-state index contributed by atoms with van der Waals surface area (Å²) in [5.41, 5.74) is 5.08. The van der Waals surface area contributed by atoms with Crippen LogP contribution in [0.4, 0.5) is 0 Å². The summed E-state index contributed by atoms with van der Waals surface area (Å²) in [6, 6.07) is 11.9. The molecule has 2 aliphatic heterocycles. The number of nitrogens with one attached hydrogen (secondary N) is 2. The highest BCUT2D eigenvalue weighted by molar-refractivity contribution is 5.95. The molecular weight excluding hydrogens is 366 g/mol. The van der Waals surface area contributed by atoms with Gasteiger partial charge in [0.25, 0.3) is 0 Å². The van der Waals surface area contributed by atoms with Gasteiger partial charge in [0.1, 0.15) is 23.6 Å². The average molecular weight is 385 g/mol. The van der Waals surface area contributed by atoms with E-state index in [4.69, 9.17) is 10.00 Å². The zero-order chi connectivity index (χ0) is 19.6. The number of rotatable bonds is 3. The van der Waals surface area contributed by atoms with Gasteiger partial charge in [-0.25, -0.2) is 4.98 Å². The van der Waals surface area contributed by atoms with E-state index in [1.165, 1.54) is 0 Å². The number of benzene rings is 1. The van der Waals surface area contributed by atoms with Crippen molar-refractivity contribution >= 4 is 22.9 Å². The van der Waals surface area contributed by atoms with Gasteiger partial charge < -0.3 is 10.1 Å². The smallest absolute Gasteiger partial charge is 0.141 e. The van der Waals surface area contributed by atoms with E-state index < -0.39 is 0 Å². The van der Waals surface area contributed by atoms with Crippen LogP contribution in [0.1, 0.15) is 11.4 Å². The number of nitriles is 1. The van der Waals surface area contributed by atoms with Crippen LogP contribution in [0.5, 0.6) is 0 Å². The highest BCUT2D eigenvalue weighted by Crippen LogP contribution is 2.29. The van der Waals surface area contributed by atoms with Gasteiger partial charge in [-0.1, -0.05) is 6.07 Å². The first-order valence-electron chi connectivity index (χ1n) is 9.49. The zero-order valence-corrected chi connectivity index (χ0v) is 15.7. The molecule has 29 heavy (non-hydrogen) atoms. The van der Waals surface area contributed by atoms with Gasteiger partial charge in [-0.3, -0.25) is 15.0 Å². The van der Waals surface area contributed by atoms with Crippen LogP contribution in [0.3, 0.4) is 0 Å². The topological polar surface area (TPSA) is 102 Å². The van der Waals surface area contributed by atoms with Crippen LogP contribution >= 0.6 is 0 Å². The van der Waals surface area contributed by atoms with Crippen molar-refractivity contribution in [3.63, 3.8) is 0 Å². The Bertz CT molecular complexity index is 1150. The molecule has 0 aliphatic carbocycles. The number of pyridine rings is 1. The van der Waals surface area contributed by atoms with E-state index in [2.05, 4.69) is 48.6 Å². The fourth-order valence-electron chi connectivity index (χ4n) is 3.68. The van der Waals surface area contributed by atoms with E-state index in [-0.39, 0.29) is 6.17 Å². The third kappa shape index (κ3) is 3.38. The summed E-state index contributed by atoms with van der Waals surface area (Å²) in [5.74, 6) is 0. The van der Waals surface area contributed by atoms with Crippen molar-refractivity contribution in [3.05, 3.63) is 54.0 Å². The van der Waals surface area contributed by atoms with Crippen molar-refractivity contribution in [2.24, 2.45) is 4.99 Å². The fourth-order valence-corrected chi connectivity index (χ4v) is 3.68. The Morgan fingerprint density at radius 2 is 2.00 bits per heavy atom. The molecule has 0 saturated carbocycles. The van der Waals surface area contributed by atoms with Crippen LogP contribution in [0.2, 0.25) is 0 Å². The molecule has 8 heteroatoms. The van der Waals surface area contributed by atoms with Gasteiger partial charge in [-0.15, -0.1) is 0 Å². The molecule has 1 aromatic carbocycles. The van der Waals surface area contributed by atoms with E-state index in [1.807, 2.05) is 18.2 Å². The molecule has 2 N–H and O–H groups in total. The molecule has 1 atom stereocenters. The Morgan fingerprint density at radius 1 is 1.14 bits per heavy atom. The number of ether oxygens (including phenoxy) is 1. The minimum absolute atomic E-state index is 0.0246. The maximum absolute atomic E-state index is 9.13. The zero-order valence-electron chi connectivity index (χ0n) is 15.7. The Morgan fingerprint density at radius 3 is 2.86 bits per heavy atom. The third-order valence-corrected chi connectivity index (χ3v) is 5.21. The Hall–Kier alpha value is -3.54. The van der Waals surface area contributed by atoms with Crippen LogP contribution in [-0.4, -0.2) is 58.9 Å². The lowest BCUT2D eigenvalue weighted by Crippen LogP contribution is -2.43. The summed E-state index contributed by atoms with van der Waals surface area (Å²) in [6.45, 7) is 3.18. The molecule has 0 spiro atoms. The second kappa shape index (κ2) is 7.47. The number of hydrogen-bond donors (Lipinski definition) is 2. The van der Waals surface area contributed by atoms with Crippen molar-refractivity contribution in [2.45, 2.75) is 6.17 Å². The van der Waals surface area contributed by atoms with Crippen molar-refractivity contribution in [1.82, 2.24) is 25.4 Å². The molecule has 0 amide bonds. The Labute approximate surface area is 167 Å². The van der Waals surface area contributed by atoms with Crippen molar-refractivity contribution in [1.29, 1.82) is 5.26 Å². The highest BCUT2D eigenvalue weighted by atomic mass is 16.5. The second-order valence-corrected chi connectivity index (χ2v) is 6.94. The van der Waals surface area contributed by atoms with E-state index in [0.717, 1.165) is 59.7 Å². The summed E-state index contributed by atoms with van der Waals surface area (Å²) in [4.78, 5) is 10.9. The number of aliphatic imine (C=N–C) groups is 1. The number of nitrogens with zero attached hydrogens (tertiary/aromatic N) is 5. The molecule has 3 aromatic rings. The molecule has 4 heterocycles. The molecule has 0 bridgehead atoms. The lowest BCUT2D eigenvalue weighted by Gasteiger charge is -2.32. The molecule has 2 aromatic heterocycles. The van der Waals surface area contributed by atoms with Gasteiger partial charge in [0.2, 0.25) is 0 Å². The molecular formula is C21H19N7O. The van der Waals surface area contributed by atoms with Gasteiger partial charge in [0.15, 0.2) is 0 Å². The minimum atomic E-state index is -0.0246. The summed E-state index contributed by atoms with van der Waals surface area (Å²) in [7, 11) is 0. The van der Waals surface area contributed by atoms with Crippen LogP contribution in [0, 0.1) is 11.3 Å². The maximum Gasteiger partial charge on any atom is 0.141 e. The number of morpholine rings is 1.